The van der Waals surface area contributed by atoms with Crippen molar-refractivity contribution in [3.05, 3.63) is 30.1 Å². The van der Waals surface area contributed by atoms with E-state index in [0.717, 1.165) is 11.3 Å². The highest BCUT2D eigenvalue weighted by atomic mass is 35.5. The summed E-state index contributed by atoms with van der Waals surface area (Å²) >= 11 is 1.56. The topological polar surface area (TPSA) is 55.1 Å². The molecule has 0 aromatic heterocycles. The number of carbonyl (C=O) groups excluding carboxylic acids is 1. The number of carbonyl (C=O) groups is 1. The van der Waals surface area contributed by atoms with Crippen LogP contribution in [0.3, 0.4) is 0 Å². The van der Waals surface area contributed by atoms with E-state index in [9.17, 15) is 9.18 Å². The first-order chi connectivity index (χ1) is 9.92. The zero-order valence-corrected chi connectivity index (χ0v) is 15.0. The molecule has 0 aliphatic carbocycles. The number of hydrogen-bond donors (Lipinski definition) is 2. The van der Waals surface area contributed by atoms with Crippen LogP contribution in [0.5, 0.6) is 0 Å². The predicted molar refractivity (Wildman–Crippen MR) is 94.0 cm³/mol. The van der Waals surface area contributed by atoms with E-state index in [1.165, 1.54) is 12.1 Å². The Hall–Kier alpha value is -0.780. The molecule has 2 atom stereocenters. The Morgan fingerprint density at radius 2 is 1.86 bits per heavy atom. The van der Waals surface area contributed by atoms with Crippen molar-refractivity contribution in [2.75, 3.05) is 12.3 Å². The van der Waals surface area contributed by atoms with Crippen molar-refractivity contribution >= 4 is 30.1 Å². The highest BCUT2D eigenvalue weighted by molar-refractivity contribution is 7.99. The third-order valence-electron chi connectivity index (χ3n) is 3.15. The Morgan fingerprint density at radius 1 is 1.27 bits per heavy atom. The van der Waals surface area contributed by atoms with Crippen molar-refractivity contribution in [3.8, 4) is 0 Å². The Labute approximate surface area is 143 Å². The fraction of sp³-hybridized carbons (Fsp3) is 0.562. The highest BCUT2D eigenvalue weighted by Crippen LogP contribution is 2.21. The lowest BCUT2D eigenvalue weighted by Crippen LogP contribution is -2.43. The predicted octanol–water partition coefficient (Wildman–Crippen LogP) is 3.47. The van der Waals surface area contributed by atoms with Crippen molar-refractivity contribution in [1.82, 2.24) is 5.32 Å². The molecule has 0 saturated carbocycles. The molecule has 22 heavy (non-hydrogen) atoms. The fourth-order valence-electron chi connectivity index (χ4n) is 1.95. The van der Waals surface area contributed by atoms with Crippen molar-refractivity contribution in [3.63, 3.8) is 0 Å². The highest BCUT2D eigenvalue weighted by Gasteiger charge is 2.17. The minimum absolute atomic E-state index is 0. The molecule has 0 heterocycles. The van der Waals surface area contributed by atoms with Crippen LogP contribution in [-0.2, 0) is 4.79 Å². The lowest BCUT2D eigenvalue weighted by Gasteiger charge is -2.21. The van der Waals surface area contributed by atoms with Crippen LogP contribution in [-0.4, -0.2) is 24.2 Å². The summed E-state index contributed by atoms with van der Waals surface area (Å²) in [4.78, 5) is 13.1. The van der Waals surface area contributed by atoms with Crippen LogP contribution < -0.4 is 11.1 Å². The molecular formula is C16H26ClFN2OS. The second kappa shape index (κ2) is 10.9. The smallest absolute Gasteiger partial charge is 0.223 e. The van der Waals surface area contributed by atoms with E-state index < -0.39 is 0 Å². The van der Waals surface area contributed by atoms with Crippen LogP contribution in [0.1, 0.15) is 27.2 Å². The quantitative estimate of drug-likeness (QED) is 0.707. The first-order valence-corrected chi connectivity index (χ1v) is 8.29. The number of benzene rings is 1. The minimum atomic E-state index is -0.246. The number of thioether (sulfide) groups is 1. The molecule has 0 saturated heterocycles. The number of rotatable bonds is 8. The summed E-state index contributed by atoms with van der Waals surface area (Å²) < 4.78 is 12.8. The molecule has 0 radical (unpaired) electrons. The molecule has 0 spiro atoms. The maximum Gasteiger partial charge on any atom is 0.223 e. The number of halogens is 2. The maximum atomic E-state index is 12.8. The third kappa shape index (κ3) is 8.01. The summed E-state index contributed by atoms with van der Waals surface area (Å²) in [5.41, 5.74) is 5.69. The lowest BCUT2D eigenvalue weighted by atomic mass is 10.0. The average Bonchev–Trinajstić information content (AvgIpc) is 2.45. The summed E-state index contributed by atoms with van der Waals surface area (Å²) in [5, 5.41) is 3.01. The zero-order valence-electron chi connectivity index (χ0n) is 13.3. The van der Waals surface area contributed by atoms with Gasteiger partial charge in [0.25, 0.3) is 0 Å². The van der Waals surface area contributed by atoms with Crippen LogP contribution in [0.25, 0.3) is 0 Å². The lowest BCUT2D eigenvalue weighted by molar-refractivity contribution is -0.124. The van der Waals surface area contributed by atoms with Crippen LogP contribution in [0.2, 0.25) is 0 Å². The normalized spacial score (nSPS) is 13.4. The van der Waals surface area contributed by atoms with E-state index in [1.54, 1.807) is 23.9 Å². The molecule has 0 aliphatic heterocycles. The van der Waals surface area contributed by atoms with Crippen molar-refractivity contribution in [2.24, 2.45) is 17.6 Å². The molecule has 1 aromatic carbocycles. The van der Waals surface area contributed by atoms with Gasteiger partial charge in [0, 0.05) is 29.2 Å². The molecule has 0 aliphatic rings. The Bertz CT molecular complexity index is 442. The Balaban J connectivity index is 0.00000441. The van der Waals surface area contributed by atoms with E-state index in [-0.39, 0.29) is 36.1 Å². The zero-order chi connectivity index (χ0) is 15.8. The standard InChI is InChI=1S/C16H25FN2OS.ClH/c1-11(2)8-14(9-18)19-16(20)12(3)10-21-15-6-4-13(17)5-7-15;/h4-7,11-12,14H,8-10,18H2,1-3H3,(H,19,20);1H. The summed E-state index contributed by atoms with van der Waals surface area (Å²) in [6, 6.07) is 6.36. The van der Waals surface area contributed by atoms with Gasteiger partial charge < -0.3 is 11.1 Å². The van der Waals surface area contributed by atoms with Gasteiger partial charge >= 0.3 is 0 Å². The van der Waals surface area contributed by atoms with Gasteiger partial charge in [-0.05, 0) is 36.6 Å². The van der Waals surface area contributed by atoms with Crippen molar-refractivity contribution in [2.45, 2.75) is 38.1 Å². The molecule has 1 amide bonds. The van der Waals surface area contributed by atoms with Gasteiger partial charge in [-0.1, -0.05) is 20.8 Å². The number of amides is 1. The third-order valence-corrected chi connectivity index (χ3v) is 4.42. The average molecular weight is 349 g/mol. The van der Waals surface area contributed by atoms with E-state index >= 15 is 0 Å². The van der Waals surface area contributed by atoms with Crippen LogP contribution in [0.15, 0.2) is 29.2 Å². The largest absolute Gasteiger partial charge is 0.352 e. The van der Waals surface area contributed by atoms with Gasteiger partial charge in [0.2, 0.25) is 5.91 Å². The Morgan fingerprint density at radius 3 is 2.36 bits per heavy atom. The van der Waals surface area contributed by atoms with Crippen molar-refractivity contribution in [1.29, 1.82) is 0 Å². The molecule has 3 N–H and O–H groups in total. The summed E-state index contributed by atoms with van der Waals surface area (Å²) in [5.74, 6) is 0.838. The molecule has 1 aromatic rings. The molecule has 1 rings (SSSR count). The first-order valence-electron chi connectivity index (χ1n) is 7.31. The van der Waals surface area contributed by atoms with Gasteiger partial charge in [-0.25, -0.2) is 4.39 Å². The van der Waals surface area contributed by atoms with Gasteiger partial charge in [0.1, 0.15) is 5.82 Å². The summed E-state index contributed by atoms with van der Waals surface area (Å²) in [7, 11) is 0. The van der Waals surface area contributed by atoms with E-state index in [1.807, 2.05) is 6.92 Å². The summed E-state index contributed by atoms with van der Waals surface area (Å²) in [6.07, 6.45) is 0.889. The second-order valence-electron chi connectivity index (χ2n) is 5.74. The maximum absolute atomic E-state index is 12.8. The van der Waals surface area contributed by atoms with Gasteiger partial charge in [-0.3, -0.25) is 4.79 Å². The molecule has 0 fully saturated rings. The molecule has 6 heteroatoms. The fourth-order valence-corrected chi connectivity index (χ4v) is 2.88. The van der Waals surface area contributed by atoms with E-state index in [0.29, 0.717) is 18.2 Å². The number of nitrogens with one attached hydrogen (secondary N) is 1. The van der Waals surface area contributed by atoms with E-state index in [4.69, 9.17) is 5.73 Å². The first kappa shape index (κ1) is 21.2. The summed E-state index contributed by atoms with van der Waals surface area (Å²) in [6.45, 7) is 6.59. The van der Waals surface area contributed by atoms with Gasteiger partial charge in [0.05, 0.1) is 0 Å². The molecule has 2 unspecified atom stereocenters. The molecule has 0 bridgehead atoms. The van der Waals surface area contributed by atoms with Crippen LogP contribution in [0, 0.1) is 17.7 Å². The molecule has 3 nitrogen and oxygen atoms in total. The van der Waals surface area contributed by atoms with Crippen LogP contribution >= 0.6 is 24.2 Å². The van der Waals surface area contributed by atoms with Crippen LogP contribution in [0.4, 0.5) is 4.39 Å². The second-order valence-corrected chi connectivity index (χ2v) is 6.83. The van der Waals surface area contributed by atoms with Gasteiger partial charge in [-0.15, -0.1) is 24.2 Å². The van der Waals surface area contributed by atoms with E-state index in [2.05, 4.69) is 19.2 Å². The van der Waals surface area contributed by atoms with Gasteiger partial charge in [0.15, 0.2) is 0 Å². The van der Waals surface area contributed by atoms with Crippen molar-refractivity contribution < 1.29 is 9.18 Å². The van der Waals surface area contributed by atoms with Gasteiger partial charge in [-0.2, -0.15) is 0 Å². The molecular weight excluding hydrogens is 323 g/mol. The Kier molecular flexibility index (Phi) is 10.5. The minimum Gasteiger partial charge on any atom is -0.352 e. The number of hydrogen-bond acceptors (Lipinski definition) is 3. The molecule has 126 valence electrons. The monoisotopic (exact) mass is 348 g/mol. The SMILES string of the molecule is CC(C)CC(CN)NC(=O)C(C)CSc1ccc(F)cc1.Cl. The number of nitrogens with two attached hydrogens (primary N) is 1.